The van der Waals surface area contributed by atoms with E-state index in [0.717, 1.165) is 4.57 Å². The minimum atomic E-state index is -4.71. The van der Waals surface area contributed by atoms with Crippen LogP contribution in [0, 0.1) is 6.92 Å². The van der Waals surface area contributed by atoms with Gasteiger partial charge >= 0.3 is 12.1 Å². The van der Waals surface area contributed by atoms with Crippen LogP contribution in [0.2, 0.25) is 5.02 Å². The maximum Gasteiger partial charge on any atom is 0.422 e. The molecule has 0 saturated heterocycles. The molecule has 1 aromatic carbocycles. The van der Waals surface area contributed by atoms with E-state index in [-0.39, 0.29) is 23.4 Å². The van der Waals surface area contributed by atoms with Crippen molar-refractivity contribution in [3.63, 3.8) is 0 Å². The molecule has 0 saturated carbocycles. The molecule has 1 N–H and O–H groups in total. The predicted octanol–water partition coefficient (Wildman–Crippen LogP) is 3.38. The number of carbonyl (C=O) groups is 1. The van der Waals surface area contributed by atoms with Gasteiger partial charge in [0.05, 0.1) is 6.54 Å². The number of carboxylic acids is 1. The molecule has 3 rings (SSSR count). The zero-order valence-corrected chi connectivity index (χ0v) is 16.0. The number of halogens is 4. The average Bonchev–Trinajstić information content (AvgIpc) is 2.88. The smallest absolute Gasteiger partial charge is 0.422 e. The Labute approximate surface area is 166 Å². The zero-order valence-electron chi connectivity index (χ0n) is 15.2. The van der Waals surface area contributed by atoms with Gasteiger partial charge in [-0.1, -0.05) is 23.7 Å². The van der Waals surface area contributed by atoms with E-state index in [9.17, 15) is 27.9 Å². The van der Waals surface area contributed by atoms with Crippen LogP contribution in [-0.4, -0.2) is 38.0 Å². The molecule has 7 nitrogen and oxygen atoms in total. The van der Waals surface area contributed by atoms with Crippen LogP contribution < -0.4 is 10.3 Å². The van der Waals surface area contributed by atoms with E-state index in [1.165, 1.54) is 18.5 Å². The minimum Gasteiger partial charge on any atom is -0.481 e. The number of fused-ring (bicyclic) bond motifs is 1. The molecule has 154 valence electrons. The highest BCUT2D eigenvalue weighted by atomic mass is 35.5. The lowest BCUT2D eigenvalue weighted by molar-refractivity contribution is -0.153. The number of ether oxygens (including phenoxy) is 1. The number of aromatic carboxylic acids is 1. The maximum atomic E-state index is 13.1. The lowest BCUT2D eigenvalue weighted by Gasteiger charge is -2.11. The Bertz CT molecular complexity index is 1170. The van der Waals surface area contributed by atoms with Crippen molar-refractivity contribution in [1.29, 1.82) is 0 Å². The molecular weight excluding hydrogens is 415 g/mol. The molecule has 0 aliphatic heterocycles. The molecule has 0 fully saturated rings. The van der Waals surface area contributed by atoms with Crippen molar-refractivity contribution in [1.82, 2.24) is 14.1 Å². The van der Waals surface area contributed by atoms with E-state index < -0.39 is 35.8 Å². The van der Waals surface area contributed by atoms with Crippen LogP contribution in [-0.2, 0) is 13.6 Å². The fraction of sp³-hybridized carbons (Fsp3) is 0.278. The topological polar surface area (TPSA) is 86.3 Å². The molecule has 2 heterocycles. The van der Waals surface area contributed by atoms with Crippen LogP contribution in [0.4, 0.5) is 13.2 Å². The molecule has 0 bridgehead atoms. The maximum absolute atomic E-state index is 13.1. The molecule has 29 heavy (non-hydrogen) atoms. The van der Waals surface area contributed by atoms with Crippen molar-refractivity contribution in [2.75, 3.05) is 6.61 Å². The number of hydrogen-bond acceptors (Lipinski definition) is 4. The quantitative estimate of drug-likeness (QED) is 0.672. The van der Waals surface area contributed by atoms with Crippen molar-refractivity contribution < 1.29 is 27.8 Å². The van der Waals surface area contributed by atoms with Gasteiger partial charge in [-0.05, 0) is 24.6 Å². The van der Waals surface area contributed by atoms with Crippen LogP contribution in [0.5, 0.6) is 5.75 Å². The van der Waals surface area contributed by atoms with Gasteiger partial charge in [0.2, 0.25) is 0 Å². The van der Waals surface area contributed by atoms with Crippen molar-refractivity contribution in [2.45, 2.75) is 19.6 Å². The monoisotopic (exact) mass is 429 g/mol. The van der Waals surface area contributed by atoms with E-state index in [4.69, 9.17) is 16.3 Å². The van der Waals surface area contributed by atoms with Gasteiger partial charge in [0, 0.05) is 12.1 Å². The van der Waals surface area contributed by atoms with E-state index >= 15 is 0 Å². The summed E-state index contributed by atoms with van der Waals surface area (Å²) in [6, 6.07) is 6.69. The van der Waals surface area contributed by atoms with Crippen LogP contribution in [0.1, 0.15) is 21.9 Å². The lowest BCUT2D eigenvalue weighted by Crippen LogP contribution is -2.25. The van der Waals surface area contributed by atoms with Crippen molar-refractivity contribution in [3.8, 4) is 5.75 Å². The predicted molar refractivity (Wildman–Crippen MR) is 98.8 cm³/mol. The average molecular weight is 430 g/mol. The van der Waals surface area contributed by atoms with Gasteiger partial charge in [-0.3, -0.25) is 9.36 Å². The summed E-state index contributed by atoms with van der Waals surface area (Å²) < 4.78 is 45.0. The first-order valence-electron chi connectivity index (χ1n) is 8.26. The molecule has 3 aromatic rings. The van der Waals surface area contributed by atoms with E-state index in [0.29, 0.717) is 10.6 Å². The van der Waals surface area contributed by atoms with Gasteiger partial charge in [0.1, 0.15) is 11.2 Å². The second kappa shape index (κ2) is 7.43. The number of rotatable bonds is 5. The lowest BCUT2D eigenvalue weighted by atomic mass is 10.2. The number of carboxylic acid groups (broad SMARTS) is 1. The number of hydrogen-bond donors (Lipinski definition) is 1. The molecule has 0 spiro atoms. The third kappa shape index (κ3) is 4.07. The third-order valence-corrected chi connectivity index (χ3v) is 4.48. The van der Waals surface area contributed by atoms with Gasteiger partial charge < -0.3 is 14.4 Å². The fourth-order valence-electron chi connectivity index (χ4n) is 3.00. The molecule has 0 atom stereocenters. The minimum absolute atomic E-state index is 0.0458. The molecule has 0 amide bonds. The number of benzene rings is 1. The first-order chi connectivity index (χ1) is 13.5. The Kier molecular flexibility index (Phi) is 5.31. The van der Waals surface area contributed by atoms with E-state index in [1.807, 2.05) is 0 Å². The second-order valence-electron chi connectivity index (χ2n) is 6.32. The Morgan fingerprint density at radius 2 is 2.03 bits per heavy atom. The van der Waals surface area contributed by atoms with Gasteiger partial charge in [-0.15, -0.1) is 0 Å². The van der Waals surface area contributed by atoms with Crippen LogP contribution in [0.3, 0.4) is 0 Å². The second-order valence-corrected chi connectivity index (χ2v) is 6.76. The van der Waals surface area contributed by atoms with Crippen LogP contribution in [0.25, 0.3) is 11.0 Å². The first-order valence-corrected chi connectivity index (χ1v) is 8.64. The van der Waals surface area contributed by atoms with Gasteiger partial charge in [-0.25, -0.2) is 9.78 Å². The SMILES string of the molecule is Cc1nc2c(c(OCC(F)(F)F)c(C(=O)O)n2C)c(=O)n1Cc1cccc(Cl)c1. The fourth-order valence-corrected chi connectivity index (χ4v) is 3.22. The molecule has 0 radical (unpaired) electrons. The first kappa shape index (κ1) is 20.7. The molecule has 2 aromatic heterocycles. The Morgan fingerprint density at radius 1 is 1.34 bits per heavy atom. The third-order valence-electron chi connectivity index (χ3n) is 4.25. The van der Waals surface area contributed by atoms with Crippen LogP contribution >= 0.6 is 11.6 Å². The molecule has 11 heteroatoms. The van der Waals surface area contributed by atoms with Crippen LogP contribution in [0.15, 0.2) is 29.1 Å². The normalized spacial score (nSPS) is 11.8. The Balaban J connectivity index is 2.23. The Morgan fingerprint density at radius 3 is 2.62 bits per heavy atom. The van der Waals surface area contributed by atoms with Gasteiger partial charge in [-0.2, -0.15) is 13.2 Å². The van der Waals surface area contributed by atoms with Crippen molar-refractivity contribution in [3.05, 3.63) is 56.7 Å². The highest BCUT2D eigenvalue weighted by molar-refractivity contribution is 6.30. The van der Waals surface area contributed by atoms with E-state index in [1.54, 1.807) is 24.3 Å². The molecular formula is C18H15ClF3N3O4. The van der Waals surface area contributed by atoms with Gasteiger partial charge in [0.25, 0.3) is 5.56 Å². The Hall–Kier alpha value is -3.01. The summed E-state index contributed by atoms with van der Waals surface area (Å²) in [4.78, 5) is 28.9. The summed E-state index contributed by atoms with van der Waals surface area (Å²) in [5, 5.41) is 9.56. The summed E-state index contributed by atoms with van der Waals surface area (Å²) in [5.41, 5.74) is -0.720. The van der Waals surface area contributed by atoms with Crippen molar-refractivity contribution in [2.24, 2.45) is 7.05 Å². The highest BCUT2D eigenvalue weighted by Gasteiger charge is 2.33. The summed E-state index contributed by atoms with van der Waals surface area (Å²) in [6.07, 6.45) is -4.71. The van der Waals surface area contributed by atoms with Crippen molar-refractivity contribution >= 4 is 28.6 Å². The summed E-state index contributed by atoms with van der Waals surface area (Å²) in [5.74, 6) is -1.95. The molecule has 0 unspecified atom stereocenters. The zero-order chi connectivity index (χ0) is 21.5. The standard InChI is InChI=1S/C18H15ClF3N3O4/c1-9-23-15-12(16(26)25(9)7-10-4-3-5-11(19)6-10)14(29-8-18(20,21)22)13(17(27)28)24(15)2/h3-6H,7-8H2,1-2H3,(H,27,28). The summed E-state index contributed by atoms with van der Waals surface area (Å²) in [7, 11) is 1.29. The number of nitrogens with zero attached hydrogens (tertiary/aromatic N) is 3. The summed E-state index contributed by atoms with van der Waals surface area (Å²) >= 11 is 5.96. The number of aromatic nitrogens is 3. The number of aryl methyl sites for hydroxylation is 2. The number of alkyl halides is 3. The molecule has 0 aliphatic rings. The van der Waals surface area contributed by atoms with E-state index in [2.05, 4.69) is 4.98 Å². The molecule has 0 aliphatic carbocycles. The highest BCUT2D eigenvalue weighted by Crippen LogP contribution is 2.31. The van der Waals surface area contributed by atoms with Gasteiger partial charge in [0.15, 0.2) is 23.7 Å². The largest absolute Gasteiger partial charge is 0.481 e. The summed E-state index contributed by atoms with van der Waals surface area (Å²) in [6.45, 7) is -0.159.